The van der Waals surface area contributed by atoms with Gasteiger partial charge in [-0.15, -0.1) is 0 Å². The van der Waals surface area contributed by atoms with Crippen LogP contribution in [0.4, 0.5) is 10.1 Å². The average molecular weight is 371 g/mol. The zero-order valence-corrected chi connectivity index (χ0v) is 14.8. The number of ether oxygens (including phenoxy) is 1. The molecule has 2 amide bonds. The lowest BCUT2D eigenvalue weighted by Gasteiger charge is -2.23. The molecule has 2 aromatic rings. The Morgan fingerprint density at radius 2 is 1.85 bits per heavy atom. The molecule has 1 unspecified atom stereocenters. The molecule has 0 bridgehead atoms. The first-order valence-electron chi connectivity index (χ1n) is 8.84. The normalized spacial score (nSPS) is 16.6. The zero-order valence-electron chi connectivity index (χ0n) is 14.8. The molecule has 1 fully saturated rings. The van der Waals surface area contributed by atoms with Crippen molar-refractivity contribution in [2.45, 2.75) is 19.0 Å². The highest BCUT2D eigenvalue weighted by molar-refractivity contribution is 5.95. The van der Waals surface area contributed by atoms with Gasteiger partial charge in [0.05, 0.1) is 13.2 Å². The number of benzene rings is 2. The maximum atomic E-state index is 12.9. The van der Waals surface area contributed by atoms with E-state index in [1.165, 1.54) is 12.1 Å². The standard InChI is InChI=1S/C20H22FN3O3/c21-16-5-1-14(2-6-16)12-23-20(26)15-3-7-17(8-4-15)24-19(25)11-18-13-27-10-9-22-18/h1-8,18,22H,9-13H2,(H,23,26)(H,24,25). The van der Waals surface area contributed by atoms with Gasteiger partial charge >= 0.3 is 0 Å². The summed E-state index contributed by atoms with van der Waals surface area (Å²) in [7, 11) is 0. The van der Waals surface area contributed by atoms with Crippen LogP contribution in [-0.2, 0) is 16.1 Å². The Balaban J connectivity index is 1.47. The van der Waals surface area contributed by atoms with Gasteiger partial charge in [0.25, 0.3) is 5.91 Å². The van der Waals surface area contributed by atoms with Crippen LogP contribution in [0.5, 0.6) is 0 Å². The van der Waals surface area contributed by atoms with E-state index in [9.17, 15) is 14.0 Å². The Morgan fingerprint density at radius 3 is 2.52 bits per heavy atom. The molecule has 1 heterocycles. The summed E-state index contributed by atoms with van der Waals surface area (Å²) >= 11 is 0. The average Bonchev–Trinajstić information content (AvgIpc) is 2.68. The lowest BCUT2D eigenvalue weighted by atomic mass is 10.1. The Kier molecular flexibility index (Phi) is 6.51. The number of morpholine rings is 1. The van der Waals surface area contributed by atoms with E-state index in [1.54, 1.807) is 36.4 Å². The van der Waals surface area contributed by atoms with Crippen molar-refractivity contribution in [3.8, 4) is 0 Å². The minimum absolute atomic E-state index is 0.0234. The molecule has 0 radical (unpaired) electrons. The summed E-state index contributed by atoms with van der Waals surface area (Å²) in [5.74, 6) is -0.651. The summed E-state index contributed by atoms with van der Waals surface area (Å²) in [6.45, 7) is 2.26. The quantitative estimate of drug-likeness (QED) is 0.726. The molecular weight excluding hydrogens is 349 g/mol. The lowest BCUT2D eigenvalue weighted by molar-refractivity contribution is -0.117. The number of halogens is 1. The number of carbonyl (C=O) groups is 2. The van der Waals surface area contributed by atoms with Crippen molar-refractivity contribution >= 4 is 17.5 Å². The van der Waals surface area contributed by atoms with Gasteiger partial charge in [-0.25, -0.2) is 4.39 Å². The Labute approximate surface area is 157 Å². The van der Waals surface area contributed by atoms with E-state index >= 15 is 0 Å². The third-order valence-corrected chi connectivity index (χ3v) is 4.23. The molecule has 1 saturated heterocycles. The summed E-state index contributed by atoms with van der Waals surface area (Å²) < 4.78 is 18.2. The Bertz CT molecular complexity index is 772. The molecule has 0 saturated carbocycles. The lowest BCUT2D eigenvalue weighted by Crippen LogP contribution is -2.43. The number of amides is 2. The van der Waals surface area contributed by atoms with Crippen LogP contribution in [0.3, 0.4) is 0 Å². The molecular formula is C20H22FN3O3. The molecule has 1 aliphatic heterocycles. The molecule has 0 spiro atoms. The molecule has 27 heavy (non-hydrogen) atoms. The summed E-state index contributed by atoms with van der Waals surface area (Å²) in [5, 5.41) is 8.83. The Morgan fingerprint density at radius 1 is 1.11 bits per heavy atom. The van der Waals surface area contributed by atoms with Crippen LogP contribution in [-0.4, -0.2) is 37.6 Å². The van der Waals surface area contributed by atoms with Crippen molar-refractivity contribution in [1.29, 1.82) is 0 Å². The summed E-state index contributed by atoms with van der Waals surface area (Å²) in [4.78, 5) is 24.3. The van der Waals surface area contributed by atoms with Crippen LogP contribution in [0.25, 0.3) is 0 Å². The first kappa shape index (κ1) is 19.0. The van der Waals surface area contributed by atoms with Gasteiger partial charge < -0.3 is 20.7 Å². The van der Waals surface area contributed by atoms with Crippen LogP contribution in [0.2, 0.25) is 0 Å². The Hall–Kier alpha value is -2.77. The van der Waals surface area contributed by atoms with E-state index in [0.29, 0.717) is 37.4 Å². The summed E-state index contributed by atoms with van der Waals surface area (Å²) in [6, 6.07) is 12.7. The fourth-order valence-corrected chi connectivity index (χ4v) is 2.78. The number of anilines is 1. The predicted molar refractivity (Wildman–Crippen MR) is 99.9 cm³/mol. The van der Waals surface area contributed by atoms with Gasteiger partial charge in [-0.3, -0.25) is 9.59 Å². The third-order valence-electron chi connectivity index (χ3n) is 4.23. The summed E-state index contributed by atoms with van der Waals surface area (Å²) in [5.41, 5.74) is 1.93. The number of nitrogens with one attached hydrogen (secondary N) is 3. The molecule has 0 aliphatic carbocycles. The first-order valence-corrected chi connectivity index (χ1v) is 8.84. The van der Waals surface area contributed by atoms with E-state index < -0.39 is 0 Å². The van der Waals surface area contributed by atoms with Crippen LogP contribution in [0.15, 0.2) is 48.5 Å². The largest absolute Gasteiger partial charge is 0.378 e. The molecule has 0 aromatic heterocycles. The topological polar surface area (TPSA) is 79.5 Å². The van der Waals surface area contributed by atoms with Crippen LogP contribution < -0.4 is 16.0 Å². The molecule has 142 valence electrons. The van der Waals surface area contributed by atoms with Crippen LogP contribution in [0, 0.1) is 5.82 Å². The molecule has 1 atom stereocenters. The molecule has 6 nitrogen and oxygen atoms in total. The monoisotopic (exact) mass is 371 g/mol. The zero-order chi connectivity index (χ0) is 19.1. The fraction of sp³-hybridized carbons (Fsp3) is 0.300. The molecule has 1 aliphatic rings. The van der Waals surface area contributed by atoms with Gasteiger partial charge in [-0.1, -0.05) is 12.1 Å². The minimum atomic E-state index is -0.311. The van der Waals surface area contributed by atoms with Gasteiger partial charge in [-0.05, 0) is 42.0 Å². The summed E-state index contributed by atoms with van der Waals surface area (Å²) in [6.07, 6.45) is 0.333. The molecule has 2 aromatic carbocycles. The fourth-order valence-electron chi connectivity index (χ4n) is 2.78. The van der Waals surface area contributed by atoms with Crippen molar-refractivity contribution in [3.63, 3.8) is 0 Å². The molecule has 3 rings (SSSR count). The second-order valence-corrected chi connectivity index (χ2v) is 6.36. The van der Waals surface area contributed by atoms with Gasteiger partial charge in [0.1, 0.15) is 5.82 Å². The number of carbonyl (C=O) groups excluding carboxylic acids is 2. The van der Waals surface area contributed by atoms with Gasteiger partial charge in [0.15, 0.2) is 0 Å². The van der Waals surface area contributed by atoms with Crippen molar-refractivity contribution in [1.82, 2.24) is 10.6 Å². The number of hydrogen-bond acceptors (Lipinski definition) is 4. The SMILES string of the molecule is O=C(CC1COCCN1)Nc1ccc(C(=O)NCc2ccc(F)cc2)cc1. The van der Waals surface area contributed by atoms with Crippen LogP contribution in [0.1, 0.15) is 22.3 Å². The predicted octanol–water partition coefficient (Wildman–Crippen LogP) is 2.07. The van der Waals surface area contributed by atoms with Crippen molar-refractivity contribution in [2.24, 2.45) is 0 Å². The van der Waals surface area contributed by atoms with E-state index in [0.717, 1.165) is 12.1 Å². The van der Waals surface area contributed by atoms with E-state index in [2.05, 4.69) is 16.0 Å². The van der Waals surface area contributed by atoms with E-state index in [-0.39, 0.29) is 23.7 Å². The highest BCUT2D eigenvalue weighted by Crippen LogP contribution is 2.11. The molecule has 3 N–H and O–H groups in total. The van der Waals surface area contributed by atoms with Gasteiger partial charge in [0, 0.05) is 36.8 Å². The van der Waals surface area contributed by atoms with Crippen LogP contribution >= 0.6 is 0 Å². The minimum Gasteiger partial charge on any atom is -0.378 e. The maximum Gasteiger partial charge on any atom is 0.251 e. The van der Waals surface area contributed by atoms with Crippen molar-refractivity contribution in [3.05, 3.63) is 65.5 Å². The van der Waals surface area contributed by atoms with E-state index in [1.807, 2.05) is 0 Å². The number of hydrogen-bond donors (Lipinski definition) is 3. The number of rotatable bonds is 6. The van der Waals surface area contributed by atoms with Gasteiger partial charge in [0.2, 0.25) is 5.91 Å². The highest BCUT2D eigenvalue weighted by atomic mass is 19.1. The highest BCUT2D eigenvalue weighted by Gasteiger charge is 2.17. The first-order chi connectivity index (χ1) is 13.1. The van der Waals surface area contributed by atoms with E-state index in [4.69, 9.17) is 4.74 Å². The van der Waals surface area contributed by atoms with Crippen molar-refractivity contribution < 1.29 is 18.7 Å². The smallest absolute Gasteiger partial charge is 0.251 e. The van der Waals surface area contributed by atoms with Gasteiger partial charge in [-0.2, -0.15) is 0 Å². The maximum absolute atomic E-state index is 12.9. The molecule has 7 heteroatoms. The van der Waals surface area contributed by atoms with Crippen molar-refractivity contribution in [2.75, 3.05) is 25.1 Å². The second kappa shape index (κ2) is 9.25. The third kappa shape index (κ3) is 5.87. The second-order valence-electron chi connectivity index (χ2n) is 6.36.